The molecule has 1 aromatic carbocycles. The summed E-state index contributed by atoms with van der Waals surface area (Å²) >= 11 is 0. The van der Waals surface area contributed by atoms with Gasteiger partial charge in [-0.05, 0) is 38.0 Å². The molecule has 3 nitrogen and oxygen atoms in total. The Kier molecular flexibility index (Phi) is 3.86. The molecule has 1 rings (SSSR count). The van der Waals surface area contributed by atoms with Crippen LogP contribution < -0.4 is 4.74 Å². The van der Waals surface area contributed by atoms with Crippen molar-refractivity contribution in [2.24, 2.45) is 0 Å². The van der Waals surface area contributed by atoms with Crippen LogP contribution in [0.15, 0.2) is 24.3 Å². The Hall–Kier alpha value is -0.740. The first-order valence-corrected chi connectivity index (χ1v) is 7.14. The molecule has 0 aliphatic carbocycles. The van der Waals surface area contributed by atoms with Crippen LogP contribution in [0.25, 0.3) is 0 Å². The first kappa shape index (κ1) is 13.3. The Morgan fingerprint density at radius 2 is 2.00 bits per heavy atom. The maximum Gasteiger partial charge on any atom is 0.238 e. The maximum atomic E-state index is 11.3. The van der Waals surface area contributed by atoms with Gasteiger partial charge in [0.25, 0.3) is 0 Å². The lowest BCUT2D eigenvalue weighted by atomic mass is 10.0. The van der Waals surface area contributed by atoms with Gasteiger partial charge in [-0.15, -0.1) is 0 Å². The summed E-state index contributed by atoms with van der Waals surface area (Å²) in [5.41, 5.74) is 0.883. The van der Waals surface area contributed by atoms with Crippen molar-refractivity contribution in [3.8, 4) is 5.75 Å². The van der Waals surface area contributed by atoms with Crippen molar-refractivity contribution in [3.05, 3.63) is 29.8 Å². The molecular weight excluding hydrogens is 248 g/mol. The minimum absolute atomic E-state index is 0.357. The number of ether oxygens (including phenoxy) is 1. The summed E-state index contributed by atoms with van der Waals surface area (Å²) in [6, 6.07) is 7.30. The zero-order valence-electron chi connectivity index (χ0n) is 9.53. The third kappa shape index (κ3) is 3.12. The van der Waals surface area contributed by atoms with Crippen LogP contribution in [0.2, 0.25) is 0 Å². The van der Waals surface area contributed by atoms with Crippen LogP contribution in [0.5, 0.6) is 5.75 Å². The van der Waals surface area contributed by atoms with Gasteiger partial charge in [0, 0.05) is 10.7 Å². The lowest BCUT2D eigenvalue weighted by Crippen LogP contribution is -2.30. The number of rotatable bonds is 4. The minimum atomic E-state index is -3.59. The standard InChI is InChI=1S/C11H15ClO3S/c1-11(2,16(12,13)14)8-9-5-4-6-10(7-9)15-3/h4-7H,8H2,1-3H3. The van der Waals surface area contributed by atoms with E-state index >= 15 is 0 Å². The van der Waals surface area contributed by atoms with E-state index in [2.05, 4.69) is 0 Å². The van der Waals surface area contributed by atoms with Crippen molar-refractivity contribution in [2.75, 3.05) is 7.11 Å². The molecule has 0 aliphatic heterocycles. The van der Waals surface area contributed by atoms with Crippen LogP contribution in [-0.2, 0) is 15.5 Å². The molecule has 16 heavy (non-hydrogen) atoms. The number of methoxy groups -OCH3 is 1. The molecule has 5 heteroatoms. The van der Waals surface area contributed by atoms with Crippen molar-refractivity contribution in [2.45, 2.75) is 25.0 Å². The van der Waals surface area contributed by atoms with E-state index in [4.69, 9.17) is 15.4 Å². The van der Waals surface area contributed by atoms with Gasteiger partial charge in [0.15, 0.2) is 0 Å². The number of benzene rings is 1. The van der Waals surface area contributed by atoms with Crippen LogP contribution in [-0.4, -0.2) is 20.3 Å². The largest absolute Gasteiger partial charge is 0.497 e. The molecule has 0 bridgehead atoms. The summed E-state index contributed by atoms with van der Waals surface area (Å²) in [5.74, 6) is 0.709. The Bertz CT molecular complexity index is 466. The molecule has 0 unspecified atom stereocenters. The van der Waals surface area contributed by atoms with E-state index in [1.54, 1.807) is 21.0 Å². The summed E-state index contributed by atoms with van der Waals surface area (Å²) in [6.45, 7) is 3.21. The topological polar surface area (TPSA) is 43.4 Å². The summed E-state index contributed by atoms with van der Waals surface area (Å²) in [6.07, 6.45) is 0.357. The molecule has 0 spiro atoms. The second-order valence-corrected chi connectivity index (χ2v) is 7.43. The van der Waals surface area contributed by atoms with Crippen LogP contribution >= 0.6 is 10.7 Å². The molecule has 0 saturated heterocycles. The molecule has 0 amide bonds. The monoisotopic (exact) mass is 262 g/mol. The zero-order chi connectivity index (χ0) is 12.4. The van der Waals surface area contributed by atoms with Gasteiger partial charge in [0.05, 0.1) is 11.9 Å². The molecule has 0 radical (unpaired) electrons. The predicted molar refractivity (Wildman–Crippen MR) is 65.5 cm³/mol. The SMILES string of the molecule is COc1cccc(CC(C)(C)S(=O)(=O)Cl)c1. The van der Waals surface area contributed by atoms with Crippen LogP contribution in [0.4, 0.5) is 0 Å². The van der Waals surface area contributed by atoms with E-state index in [-0.39, 0.29) is 0 Å². The van der Waals surface area contributed by atoms with Gasteiger partial charge in [0.2, 0.25) is 9.05 Å². The van der Waals surface area contributed by atoms with Gasteiger partial charge in [-0.2, -0.15) is 0 Å². The van der Waals surface area contributed by atoms with Crippen molar-refractivity contribution < 1.29 is 13.2 Å². The highest BCUT2D eigenvalue weighted by atomic mass is 35.7. The fourth-order valence-corrected chi connectivity index (χ4v) is 1.86. The highest BCUT2D eigenvalue weighted by Gasteiger charge is 2.32. The molecule has 0 heterocycles. The molecule has 0 fully saturated rings. The Morgan fingerprint density at radius 1 is 1.38 bits per heavy atom. The summed E-state index contributed by atoms with van der Waals surface area (Å²) in [7, 11) is 3.37. The predicted octanol–water partition coefficient (Wildman–Crippen LogP) is 2.58. The average Bonchev–Trinajstić information content (AvgIpc) is 2.15. The second kappa shape index (κ2) is 4.63. The maximum absolute atomic E-state index is 11.3. The molecule has 0 saturated carbocycles. The molecule has 0 atom stereocenters. The van der Waals surface area contributed by atoms with Crippen molar-refractivity contribution >= 4 is 19.7 Å². The van der Waals surface area contributed by atoms with Crippen molar-refractivity contribution in [3.63, 3.8) is 0 Å². The fraction of sp³-hybridized carbons (Fsp3) is 0.455. The first-order valence-electron chi connectivity index (χ1n) is 4.83. The molecule has 1 aromatic rings. The van der Waals surface area contributed by atoms with Crippen LogP contribution in [0.3, 0.4) is 0 Å². The van der Waals surface area contributed by atoms with E-state index in [9.17, 15) is 8.42 Å². The lowest BCUT2D eigenvalue weighted by Gasteiger charge is -2.20. The van der Waals surface area contributed by atoms with E-state index in [1.165, 1.54) is 0 Å². The summed E-state index contributed by atoms with van der Waals surface area (Å²) < 4.78 is 26.8. The van der Waals surface area contributed by atoms with Crippen molar-refractivity contribution in [1.82, 2.24) is 0 Å². The summed E-state index contributed by atoms with van der Waals surface area (Å²) in [4.78, 5) is 0. The minimum Gasteiger partial charge on any atom is -0.497 e. The zero-order valence-corrected chi connectivity index (χ0v) is 11.1. The third-order valence-corrected chi connectivity index (χ3v) is 5.14. The van der Waals surface area contributed by atoms with Gasteiger partial charge in [0.1, 0.15) is 5.75 Å². The van der Waals surface area contributed by atoms with Crippen LogP contribution in [0.1, 0.15) is 19.4 Å². The van der Waals surface area contributed by atoms with E-state index in [0.717, 1.165) is 5.56 Å². The molecule has 0 N–H and O–H groups in total. The van der Waals surface area contributed by atoms with E-state index in [1.807, 2.05) is 24.3 Å². The van der Waals surface area contributed by atoms with E-state index in [0.29, 0.717) is 12.2 Å². The molecule has 0 aromatic heterocycles. The van der Waals surface area contributed by atoms with Gasteiger partial charge >= 0.3 is 0 Å². The quantitative estimate of drug-likeness (QED) is 0.784. The number of halogens is 1. The highest BCUT2D eigenvalue weighted by Crippen LogP contribution is 2.26. The Labute approximate surface area is 101 Å². The highest BCUT2D eigenvalue weighted by molar-refractivity contribution is 8.14. The number of hydrogen-bond acceptors (Lipinski definition) is 3. The molecule has 0 aliphatic rings. The second-order valence-electron chi connectivity index (χ2n) is 4.23. The van der Waals surface area contributed by atoms with E-state index < -0.39 is 13.8 Å². The van der Waals surface area contributed by atoms with Gasteiger partial charge in [-0.3, -0.25) is 0 Å². The van der Waals surface area contributed by atoms with Gasteiger partial charge in [-0.25, -0.2) is 8.42 Å². The Morgan fingerprint density at radius 3 is 2.50 bits per heavy atom. The molecular formula is C11H15ClO3S. The average molecular weight is 263 g/mol. The Balaban J connectivity index is 2.96. The normalized spacial score (nSPS) is 12.5. The van der Waals surface area contributed by atoms with Gasteiger partial charge in [-0.1, -0.05) is 12.1 Å². The first-order chi connectivity index (χ1) is 7.26. The van der Waals surface area contributed by atoms with Crippen LogP contribution in [0, 0.1) is 0 Å². The fourth-order valence-electron chi connectivity index (χ4n) is 1.36. The third-order valence-electron chi connectivity index (χ3n) is 2.42. The lowest BCUT2D eigenvalue weighted by molar-refractivity contribution is 0.414. The van der Waals surface area contributed by atoms with Crippen molar-refractivity contribution in [1.29, 1.82) is 0 Å². The number of hydrogen-bond donors (Lipinski definition) is 0. The van der Waals surface area contributed by atoms with Gasteiger partial charge < -0.3 is 4.74 Å². The summed E-state index contributed by atoms with van der Waals surface area (Å²) in [5, 5.41) is 0. The molecule has 90 valence electrons. The smallest absolute Gasteiger partial charge is 0.238 e.